The summed E-state index contributed by atoms with van der Waals surface area (Å²) >= 11 is 7.77. The van der Waals surface area contributed by atoms with Crippen molar-refractivity contribution in [2.45, 2.75) is 324 Å². The highest BCUT2D eigenvalue weighted by Crippen LogP contribution is 2.51. The molecule has 0 unspecified atom stereocenters. The lowest BCUT2D eigenvalue weighted by atomic mass is 9.99. The number of aryl methyl sites for hydroxylation is 5. The van der Waals surface area contributed by atoms with Gasteiger partial charge in [0, 0.05) is 67.4 Å². The first-order valence-electron chi connectivity index (χ1n) is 39.1. The fraction of sp³-hybridized carbons (Fsp3) is 0.586. The molecule has 0 fully saturated rings. The van der Waals surface area contributed by atoms with Gasteiger partial charge in [-0.25, -0.2) is 4.79 Å². The molecular weight excluding hydrogens is 1250 g/mol. The van der Waals surface area contributed by atoms with Crippen LogP contribution in [-0.2, 0) is 37.0 Å². The van der Waals surface area contributed by atoms with Gasteiger partial charge in [0.05, 0.1) is 7.11 Å². The molecule has 0 saturated heterocycles. The van der Waals surface area contributed by atoms with E-state index in [0.717, 1.165) is 49.3 Å². The topological polar surface area (TPSA) is 75.2 Å². The SMILES string of the molecule is CCCCCCCCCCCCc1cc(-c2sc(-c3sc(-c4sc(C=C(C#N)C(=O)O)cc4CCCCCCCCCCCC)cc3CCCCCCCCCCCC)cc2CCCCCCCCCCCC)sc1-c1ccc2c(c1)c1c3ccc(OC)cc3ccc1n2CC. The highest BCUT2D eigenvalue weighted by molar-refractivity contribution is 7.29. The van der Waals surface area contributed by atoms with Crippen LogP contribution < -0.4 is 4.74 Å². The summed E-state index contributed by atoms with van der Waals surface area (Å²) < 4.78 is 8.25. The number of aliphatic carboxylic acids is 1. The summed E-state index contributed by atoms with van der Waals surface area (Å²) in [7, 11) is 1.77. The number of benzene rings is 3. The number of nitrogens with zero attached hydrogens (tertiary/aromatic N) is 2. The van der Waals surface area contributed by atoms with Gasteiger partial charge in [-0.2, -0.15) is 5.26 Å². The molecule has 1 N–H and O–H groups in total. The predicted octanol–water partition coefficient (Wildman–Crippen LogP) is 29.7. The molecule has 0 spiro atoms. The monoisotopic (exact) mass is 1370 g/mol. The molecule has 0 aliphatic rings. The lowest BCUT2D eigenvalue weighted by Gasteiger charge is -2.07. The number of hydrogen-bond acceptors (Lipinski definition) is 7. The first-order chi connectivity index (χ1) is 47.2. The summed E-state index contributed by atoms with van der Waals surface area (Å²) in [5.41, 5.74) is 9.50. The van der Waals surface area contributed by atoms with Crippen molar-refractivity contribution in [3.63, 3.8) is 0 Å². The number of ether oxygens (including phenoxy) is 1. The second-order valence-corrected chi connectivity index (χ2v) is 32.4. The zero-order valence-electron chi connectivity index (χ0n) is 60.6. The van der Waals surface area contributed by atoms with Gasteiger partial charge in [0.2, 0.25) is 0 Å². The lowest BCUT2D eigenvalue weighted by Crippen LogP contribution is -1.96. The molecule has 522 valence electrons. The molecule has 8 aromatic rings. The van der Waals surface area contributed by atoms with E-state index < -0.39 is 5.97 Å². The van der Waals surface area contributed by atoms with E-state index in [-0.39, 0.29) is 5.57 Å². The summed E-state index contributed by atoms with van der Waals surface area (Å²) in [4.78, 5) is 22.9. The van der Waals surface area contributed by atoms with E-state index in [1.165, 1.54) is 345 Å². The minimum atomic E-state index is -1.16. The van der Waals surface area contributed by atoms with E-state index in [2.05, 4.69) is 135 Å². The fourth-order valence-electron chi connectivity index (χ4n) is 14.8. The minimum Gasteiger partial charge on any atom is -0.497 e. The number of fused-ring (bicyclic) bond motifs is 5. The van der Waals surface area contributed by atoms with E-state index in [0.29, 0.717) is 0 Å². The van der Waals surface area contributed by atoms with Crippen LogP contribution in [0.5, 0.6) is 5.75 Å². The van der Waals surface area contributed by atoms with Crippen molar-refractivity contribution < 1.29 is 14.6 Å². The number of aromatic nitrogens is 1. The van der Waals surface area contributed by atoms with Crippen molar-refractivity contribution in [2.75, 3.05) is 7.11 Å². The molecule has 5 nitrogen and oxygen atoms in total. The molecule has 0 saturated carbocycles. The number of carboxylic acids is 1. The highest BCUT2D eigenvalue weighted by Gasteiger charge is 2.24. The Bertz CT molecular complexity index is 3630. The van der Waals surface area contributed by atoms with Crippen molar-refractivity contribution in [3.05, 3.63) is 106 Å². The third kappa shape index (κ3) is 23.3. The van der Waals surface area contributed by atoms with E-state index >= 15 is 0 Å². The third-order valence-electron chi connectivity index (χ3n) is 20.4. The zero-order chi connectivity index (χ0) is 67.5. The normalized spacial score (nSPS) is 12.0. The van der Waals surface area contributed by atoms with Crippen molar-refractivity contribution >= 4 is 90.0 Å². The Labute approximate surface area is 598 Å². The Hall–Kier alpha value is -4.98. The van der Waals surface area contributed by atoms with Gasteiger partial charge in [0.1, 0.15) is 17.4 Å². The van der Waals surface area contributed by atoms with Gasteiger partial charge in [-0.15, -0.1) is 45.3 Å². The van der Waals surface area contributed by atoms with Crippen molar-refractivity contribution in [3.8, 4) is 51.5 Å². The van der Waals surface area contributed by atoms with Crippen LogP contribution in [0.15, 0.2) is 78.4 Å². The van der Waals surface area contributed by atoms with Crippen LogP contribution in [0.25, 0.3) is 78.4 Å². The van der Waals surface area contributed by atoms with Crippen LogP contribution in [0.2, 0.25) is 0 Å². The van der Waals surface area contributed by atoms with Crippen molar-refractivity contribution in [2.24, 2.45) is 0 Å². The molecule has 0 aliphatic carbocycles. The van der Waals surface area contributed by atoms with Gasteiger partial charge in [-0.05, 0) is 164 Å². The van der Waals surface area contributed by atoms with Gasteiger partial charge >= 0.3 is 5.97 Å². The van der Waals surface area contributed by atoms with Crippen molar-refractivity contribution in [1.82, 2.24) is 4.57 Å². The van der Waals surface area contributed by atoms with E-state index in [4.69, 9.17) is 4.74 Å². The van der Waals surface area contributed by atoms with Crippen LogP contribution in [0.4, 0.5) is 0 Å². The number of carboxylic acid groups (broad SMARTS) is 1. The quantitative estimate of drug-likeness (QED) is 0.0234. The Morgan fingerprint density at radius 2 is 0.802 bits per heavy atom. The summed E-state index contributed by atoms with van der Waals surface area (Å²) in [6.45, 7) is 12.4. The molecule has 0 radical (unpaired) electrons. The predicted molar refractivity (Wildman–Crippen MR) is 426 cm³/mol. The average molecular weight is 1370 g/mol. The van der Waals surface area contributed by atoms with Gasteiger partial charge < -0.3 is 14.4 Å². The van der Waals surface area contributed by atoms with E-state index in [1.807, 2.05) is 17.4 Å². The number of rotatable bonds is 52. The molecule has 3 aromatic carbocycles. The second kappa shape index (κ2) is 43.5. The first kappa shape index (κ1) is 76.8. The van der Waals surface area contributed by atoms with Gasteiger partial charge in [-0.1, -0.05) is 271 Å². The second-order valence-electron chi connectivity index (χ2n) is 28.1. The van der Waals surface area contributed by atoms with Crippen molar-refractivity contribution in [1.29, 1.82) is 5.26 Å². The summed E-state index contributed by atoms with van der Waals surface area (Å²) in [5.74, 6) is -0.272. The smallest absolute Gasteiger partial charge is 0.346 e. The molecule has 9 heteroatoms. The van der Waals surface area contributed by atoms with Crippen LogP contribution in [0.1, 0.15) is 319 Å². The molecule has 0 bridgehead atoms. The van der Waals surface area contributed by atoms with Crippen LogP contribution in [0.3, 0.4) is 0 Å². The third-order valence-corrected chi connectivity index (χ3v) is 25.6. The number of carbonyl (C=O) groups is 1. The molecule has 96 heavy (non-hydrogen) atoms. The number of hydrogen-bond donors (Lipinski definition) is 1. The standard InChI is InChI=1S/C87H122N2O3S4/c1-7-12-16-20-24-28-32-36-40-44-48-67-59-74(60-72(65-88)87(90)91)93-84(67)79-63-69(50-46-42-38-34-30-26-22-18-14-9-3)86(95-79)81-64-70(51-47-43-39-35-31-27-23-19-15-10-4)85(96-81)80-62-68(49-45-41-37-33-29-25-21-17-13-8-2)83(94-80)71-53-56-77-76(61-71)82-75-55-54-73(92-6)58-66(75)52-57-78(82)89(77)11-5/h52-64H,7-51H2,1-6H3,(H,90,91). The molecule has 0 amide bonds. The van der Waals surface area contributed by atoms with Gasteiger partial charge in [0.15, 0.2) is 0 Å². The number of nitriles is 1. The fourth-order valence-corrected chi connectivity index (χ4v) is 20.0. The molecular formula is C87H122N2O3S4. The van der Waals surface area contributed by atoms with Crippen LogP contribution in [0, 0.1) is 11.3 Å². The Kier molecular flexibility index (Phi) is 34.8. The highest BCUT2D eigenvalue weighted by atomic mass is 32.1. The van der Waals surface area contributed by atoms with E-state index in [1.54, 1.807) is 24.5 Å². The first-order valence-corrected chi connectivity index (χ1v) is 42.4. The Balaban J connectivity index is 1.18. The average Bonchev–Trinajstić information content (AvgIpc) is 1.56. The lowest BCUT2D eigenvalue weighted by molar-refractivity contribution is -0.132. The van der Waals surface area contributed by atoms with Crippen LogP contribution in [-0.4, -0.2) is 22.8 Å². The molecule has 5 aromatic heterocycles. The summed E-state index contributed by atoms with van der Waals surface area (Å²) in [6, 6.07) is 30.6. The minimum absolute atomic E-state index is 0.203. The van der Waals surface area contributed by atoms with E-state index in [9.17, 15) is 15.2 Å². The maximum absolute atomic E-state index is 12.3. The number of thiophene rings is 4. The van der Waals surface area contributed by atoms with Gasteiger partial charge in [-0.3, -0.25) is 0 Å². The van der Waals surface area contributed by atoms with Gasteiger partial charge in [0.25, 0.3) is 0 Å². The number of unbranched alkanes of at least 4 members (excludes halogenated alkanes) is 36. The summed E-state index contributed by atoms with van der Waals surface area (Å²) in [5, 5.41) is 25.2. The molecule has 0 aliphatic heterocycles. The molecule has 0 atom stereocenters. The molecule has 8 rings (SSSR count). The largest absolute Gasteiger partial charge is 0.497 e. The maximum Gasteiger partial charge on any atom is 0.346 e. The zero-order valence-corrected chi connectivity index (χ0v) is 63.9. The Morgan fingerprint density at radius 3 is 1.20 bits per heavy atom. The maximum atomic E-state index is 12.3. The molecule has 5 heterocycles. The Morgan fingerprint density at radius 1 is 0.427 bits per heavy atom. The van der Waals surface area contributed by atoms with Crippen LogP contribution >= 0.6 is 45.3 Å². The number of methoxy groups -OCH3 is 1. The summed E-state index contributed by atoms with van der Waals surface area (Å²) in [6.07, 6.45) is 58.5.